The van der Waals surface area contributed by atoms with Crippen molar-refractivity contribution in [1.29, 1.82) is 0 Å². The molecule has 0 aromatic heterocycles. The summed E-state index contributed by atoms with van der Waals surface area (Å²) in [5.74, 6) is 0.174. The van der Waals surface area contributed by atoms with E-state index in [0.29, 0.717) is 0 Å². The summed E-state index contributed by atoms with van der Waals surface area (Å²) in [5, 5.41) is 0. The van der Waals surface area contributed by atoms with Gasteiger partial charge in [-0.05, 0) is 44.0 Å². The normalized spacial score (nSPS) is 14.7. The molecule has 21 heavy (non-hydrogen) atoms. The summed E-state index contributed by atoms with van der Waals surface area (Å²) in [6.07, 6.45) is 2.27. The van der Waals surface area contributed by atoms with Gasteiger partial charge in [-0.1, -0.05) is 31.2 Å². The Bertz CT molecular complexity index is 486. The number of nitrogens with zero attached hydrogens (tertiary/aromatic N) is 2. The summed E-state index contributed by atoms with van der Waals surface area (Å²) in [4.78, 5) is 16.6. The van der Waals surface area contributed by atoms with E-state index in [4.69, 9.17) is 0 Å². The molecule has 2 rings (SSSR count). The van der Waals surface area contributed by atoms with Gasteiger partial charge in [-0.2, -0.15) is 0 Å². The lowest BCUT2D eigenvalue weighted by atomic mass is 10.1. The molecule has 1 fully saturated rings. The second-order valence-electron chi connectivity index (χ2n) is 5.96. The Morgan fingerprint density at radius 1 is 1.24 bits per heavy atom. The molecule has 0 N–H and O–H groups in total. The quantitative estimate of drug-likeness (QED) is 0.749. The van der Waals surface area contributed by atoms with Gasteiger partial charge in [0.2, 0.25) is 0 Å². The van der Waals surface area contributed by atoms with E-state index >= 15 is 0 Å². The number of carbonyl (C=O) groups is 1. The van der Waals surface area contributed by atoms with Gasteiger partial charge in [-0.25, -0.2) is 0 Å². The zero-order valence-corrected chi connectivity index (χ0v) is 13.3. The molecule has 1 aliphatic heterocycles. The summed E-state index contributed by atoms with van der Waals surface area (Å²) in [5.41, 5.74) is 3.23. The molecular formula is C18H26N2O. The van der Waals surface area contributed by atoms with E-state index in [1.165, 1.54) is 11.1 Å². The van der Waals surface area contributed by atoms with Crippen molar-refractivity contribution in [3.8, 4) is 0 Å². The lowest BCUT2D eigenvalue weighted by molar-refractivity contribution is 0.0793. The number of likely N-dealkylation sites (tertiary alicyclic amines) is 1. The topological polar surface area (TPSA) is 23.6 Å². The number of rotatable bonds is 6. The van der Waals surface area contributed by atoms with E-state index in [9.17, 15) is 4.79 Å². The molecule has 0 spiro atoms. The predicted octanol–water partition coefficient (Wildman–Crippen LogP) is 3.32. The highest BCUT2D eigenvalue weighted by atomic mass is 16.2. The second kappa shape index (κ2) is 7.41. The molecule has 0 atom stereocenters. The van der Waals surface area contributed by atoms with Crippen molar-refractivity contribution in [2.24, 2.45) is 0 Å². The molecule has 1 aliphatic rings. The van der Waals surface area contributed by atoms with Crippen molar-refractivity contribution in [1.82, 2.24) is 9.80 Å². The summed E-state index contributed by atoms with van der Waals surface area (Å²) >= 11 is 0. The van der Waals surface area contributed by atoms with E-state index in [1.54, 1.807) is 0 Å². The van der Waals surface area contributed by atoms with Crippen molar-refractivity contribution in [2.75, 3.05) is 26.2 Å². The van der Waals surface area contributed by atoms with Crippen molar-refractivity contribution >= 4 is 5.91 Å². The van der Waals surface area contributed by atoms with Crippen LogP contribution in [0.3, 0.4) is 0 Å². The first-order valence-electron chi connectivity index (χ1n) is 7.85. The van der Waals surface area contributed by atoms with Crippen molar-refractivity contribution in [2.45, 2.75) is 33.2 Å². The maximum absolute atomic E-state index is 12.3. The van der Waals surface area contributed by atoms with Gasteiger partial charge in [0, 0.05) is 31.7 Å². The SMILES string of the molecule is C=C(C)CN(CC)Cc1ccc(C(=O)N2CCCC2)cc1. The summed E-state index contributed by atoms with van der Waals surface area (Å²) < 4.78 is 0. The van der Waals surface area contributed by atoms with Crippen molar-refractivity contribution in [3.05, 3.63) is 47.5 Å². The highest BCUT2D eigenvalue weighted by Gasteiger charge is 2.19. The van der Waals surface area contributed by atoms with Gasteiger partial charge in [0.1, 0.15) is 0 Å². The molecule has 1 aromatic carbocycles. The zero-order chi connectivity index (χ0) is 15.2. The number of amides is 1. The number of hydrogen-bond donors (Lipinski definition) is 0. The monoisotopic (exact) mass is 286 g/mol. The standard InChI is InChI=1S/C18H26N2O/c1-4-19(13-15(2)3)14-16-7-9-17(10-8-16)18(21)20-11-5-6-12-20/h7-10H,2,4-6,11-14H2,1,3H3. The van der Waals surface area contributed by atoms with Gasteiger partial charge in [0.05, 0.1) is 0 Å². The van der Waals surface area contributed by atoms with Gasteiger partial charge in [0.25, 0.3) is 5.91 Å². The average molecular weight is 286 g/mol. The van der Waals surface area contributed by atoms with E-state index in [-0.39, 0.29) is 5.91 Å². The molecule has 0 bridgehead atoms. The minimum absolute atomic E-state index is 0.174. The molecule has 1 aromatic rings. The summed E-state index contributed by atoms with van der Waals surface area (Å²) in [6, 6.07) is 8.07. The fraction of sp³-hybridized carbons (Fsp3) is 0.500. The molecule has 3 nitrogen and oxygen atoms in total. The maximum atomic E-state index is 12.3. The molecule has 0 saturated carbocycles. The van der Waals surface area contributed by atoms with Gasteiger partial charge in [-0.3, -0.25) is 9.69 Å². The molecule has 1 amide bonds. The van der Waals surface area contributed by atoms with E-state index < -0.39 is 0 Å². The number of hydrogen-bond acceptors (Lipinski definition) is 2. The molecule has 0 aliphatic carbocycles. The first-order chi connectivity index (χ1) is 10.1. The van der Waals surface area contributed by atoms with Crippen molar-refractivity contribution in [3.63, 3.8) is 0 Å². The van der Waals surface area contributed by atoms with Crippen LogP contribution < -0.4 is 0 Å². The van der Waals surface area contributed by atoms with Crippen LogP contribution in [0.2, 0.25) is 0 Å². The highest BCUT2D eigenvalue weighted by Crippen LogP contribution is 2.14. The number of likely N-dealkylation sites (N-methyl/N-ethyl adjacent to an activating group) is 1. The van der Waals surface area contributed by atoms with E-state index in [0.717, 1.165) is 51.1 Å². The third kappa shape index (κ3) is 4.43. The molecule has 1 saturated heterocycles. The van der Waals surface area contributed by atoms with Crippen LogP contribution in [0, 0.1) is 0 Å². The van der Waals surface area contributed by atoms with Crippen molar-refractivity contribution < 1.29 is 4.79 Å². The van der Waals surface area contributed by atoms with Gasteiger partial charge < -0.3 is 4.90 Å². The number of benzene rings is 1. The van der Waals surface area contributed by atoms with Gasteiger partial charge in [0.15, 0.2) is 0 Å². The van der Waals surface area contributed by atoms with Crippen LogP contribution in [0.4, 0.5) is 0 Å². The van der Waals surface area contributed by atoms with Crippen LogP contribution >= 0.6 is 0 Å². The molecule has 114 valence electrons. The van der Waals surface area contributed by atoms with Crippen LogP contribution in [0.1, 0.15) is 42.6 Å². The predicted molar refractivity (Wildman–Crippen MR) is 87.3 cm³/mol. The Labute approximate surface area is 128 Å². The van der Waals surface area contributed by atoms with Crippen LogP contribution in [-0.4, -0.2) is 41.9 Å². The van der Waals surface area contributed by atoms with Gasteiger partial charge >= 0.3 is 0 Å². The first kappa shape index (κ1) is 15.8. The fourth-order valence-electron chi connectivity index (χ4n) is 2.77. The zero-order valence-electron chi connectivity index (χ0n) is 13.3. The second-order valence-corrected chi connectivity index (χ2v) is 5.96. The molecule has 3 heteroatoms. The van der Waals surface area contributed by atoms with Crippen LogP contribution in [-0.2, 0) is 6.54 Å². The van der Waals surface area contributed by atoms with E-state index in [1.807, 2.05) is 17.0 Å². The minimum Gasteiger partial charge on any atom is -0.339 e. The number of carbonyl (C=O) groups excluding carboxylic acids is 1. The maximum Gasteiger partial charge on any atom is 0.253 e. The average Bonchev–Trinajstić information content (AvgIpc) is 3.00. The summed E-state index contributed by atoms with van der Waals surface area (Å²) in [6.45, 7) is 12.8. The smallest absolute Gasteiger partial charge is 0.253 e. The lowest BCUT2D eigenvalue weighted by Crippen LogP contribution is -2.27. The van der Waals surface area contributed by atoms with Gasteiger partial charge in [-0.15, -0.1) is 0 Å². The largest absolute Gasteiger partial charge is 0.339 e. The molecular weight excluding hydrogens is 260 g/mol. The Balaban J connectivity index is 1.97. The Hall–Kier alpha value is -1.61. The Morgan fingerprint density at radius 3 is 2.38 bits per heavy atom. The third-order valence-electron chi connectivity index (χ3n) is 3.94. The lowest BCUT2D eigenvalue weighted by Gasteiger charge is -2.21. The first-order valence-corrected chi connectivity index (χ1v) is 7.85. The Morgan fingerprint density at radius 2 is 1.86 bits per heavy atom. The molecule has 0 unspecified atom stereocenters. The molecule has 0 radical (unpaired) electrons. The molecule has 1 heterocycles. The van der Waals surface area contributed by atoms with Crippen LogP contribution in [0.5, 0.6) is 0 Å². The minimum atomic E-state index is 0.174. The summed E-state index contributed by atoms with van der Waals surface area (Å²) in [7, 11) is 0. The highest BCUT2D eigenvalue weighted by molar-refractivity contribution is 5.94. The fourth-order valence-corrected chi connectivity index (χ4v) is 2.77. The van der Waals surface area contributed by atoms with Crippen LogP contribution in [0.25, 0.3) is 0 Å². The van der Waals surface area contributed by atoms with E-state index in [2.05, 4.69) is 37.5 Å². The van der Waals surface area contributed by atoms with Crippen LogP contribution in [0.15, 0.2) is 36.4 Å². The third-order valence-corrected chi connectivity index (χ3v) is 3.94. The Kier molecular flexibility index (Phi) is 5.57.